The molecule has 1 unspecified atom stereocenters. The predicted molar refractivity (Wildman–Crippen MR) is 71.5 cm³/mol. The first-order chi connectivity index (χ1) is 8.66. The van der Waals surface area contributed by atoms with E-state index in [-0.39, 0.29) is 11.9 Å². The third kappa shape index (κ3) is 3.27. The van der Waals surface area contributed by atoms with Gasteiger partial charge in [-0.3, -0.25) is 9.69 Å². The van der Waals surface area contributed by atoms with E-state index in [9.17, 15) is 4.79 Å². The summed E-state index contributed by atoms with van der Waals surface area (Å²) in [5.74, 6) is 0.636. The van der Waals surface area contributed by atoms with E-state index in [2.05, 4.69) is 20.5 Å². The van der Waals surface area contributed by atoms with Crippen LogP contribution >= 0.6 is 0 Å². The van der Waals surface area contributed by atoms with Crippen molar-refractivity contribution in [3.8, 4) is 0 Å². The van der Waals surface area contributed by atoms with Gasteiger partial charge in [-0.05, 0) is 31.5 Å². The quantitative estimate of drug-likeness (QED) is 0.823. The van der Waals surface area contributed by atoms with E-state index < -0.39 is 0 Å². The second kappa shape index (κ2) is 5.93. The van der Waals surface area contributed by atoms with E-state index in [1.807, 2.05) is 26.0 Å². The summed E-state index contributed by atoms with van der Waals surface area (Å²) in [6, 6.07) is 3.67. The molecule has 0 aromatic carbocycles. The molecule has 1 atom stereocenters. The molecule has 5 nitrogen and oxygen atoms in total. The average Bonchev–Trinajstić information content (AvgIpc) is 2.39. The summed E-state index contributed by atoms with van der Waals surface area (Å²) < 4.78 is 0. The predicted octanol–water partition coefficient (Wildman–Crippen LogP) is 0.622. The number of amides is 1. The molecular weight excluding hydrogens is 228 g/mol. The molecule has 5 heteroatoms. The van der Waals surface area contributed by atoms with Gasteiger partial charge in [0.1, 0.15) is 5.82 Å². The van der Waals surface area contributed by atoms with Crippen molar-refractivity contribution in [2.24, 2.45) is 0 Å². The van der Waals surface area contributed by atoms with Crippen LogP contribution in [0.3, 0.4) is 0 Å². The fourth-order valence-electron chi connectivity index (χ4n) is 2.07. The van der Waals surface area contributed by atoms with Gasteiger partial charge in [0.15, 0.2) is 0 Å². The maximum Gasteiger partial charge on any atom is 0.242 e. The Bertz CT molecular complexity index is 415. The summed E-state index contributed by atoms with van der Waals surface area (Å²) in [5.41, 5.74) is 1.09. The third-order valence-corrected chi connectivity index (χ3v) is 3.25. The van der Waals surface area contributed by atoms with Crippen LogP contribution < -0.4 is 10.6 Å². The summed E-state index contributed by atoms with van der Waals surface area (Å²) >= 11 is 0. The van der Waals surface area contributed by atoms with Gasteiger partial charge in [-0.2, -0.15) is 0 Å². The zero-order valence-electron chi connectivity index (χ0n) is 10.9. The molecule has 1 aliphatic heterocycles. The maximum atomic E-state index is 12.1. The number of hydrogen-bond acceptors (Lipinski definition) is 4. The minimum Gasteiger partial charge on any atom is -0.314 e. The van der Waals surface area contributed by atoms with Crippen LogP contribution in [0.1, 0.15) is 12.5 Å². The minimum absolute atomic E-state index is 0.00926. The van der Waals surface area contributed by atoms with Crippen molar-refractivity contribution in [1.29, 1.82) is 0 Å². The van der Waals surface area contributed by atoms with Gasteiger partial charge in [0.25, 0.3) is 0 Å². The van der Waals surface area contributed by atoms with Gasteiger partial charge in [-0.15, -0.1) is 0 Å². The zero-order valence-corrected chi connectivity index (χ0v) is 10.9. The number of pyridine rings is 1. The number of carbonyl (C=O) groups is 1. The number of nitrogens with zero attached hydrogens (tertiary/aromatic N) is 2. The normalized spacial score (nSPS) is 18.3. The summed E-state index contributed by atoms with van der Waals surface area (Å²) in [4.78, 5) is 18.4. The summed E-state index contributed by atoms with van der Waals surface area (Å²) in [7, 11) is 0. The highest BCUT2D eigenvalue weighted by Crippen LogP contribution is 2.08. The Morgan fingerprint density at radius 3 is 2.89 bits per heavy atom. The Morgan fingerprint density at radius 2 is 2.22 bits per heavy atom. The van der Waals surface area contributed by atoms with E-state index in [0.717, 1.165) is 31.7 Å². The molecule has 0 bridgehead atoms. The molecule has 0 radical (unpaired) electrons. The molecule has 2 heterocycles. The van der Waals surface area contributed by atoms with E-state index >= 15 is 0 Å². The van der Waals surface area contributed by atoms with Crippen LogP contribution in [-0.4, -0.2) is 48.0 Å². The fraction of sp³-hybridized carbons (Fsp3) is 0.538. The lowest BCUT2D eigenvalue weighted by Crippen LogP contribution is -2.51. The Morgan fingerprint density at radius 1 is 1.50 bits per heavy atom. The van der Waals surface area contributed by atoms with Crippen molar-refractivity contribution in [2.45, 2.75) is 19.9 Å². The highest BCUT2D eigenvalue weighted by molar-refractivity contribution is 5.93. The van der Waals surface area contributed by atoms with Crippen LogP contribution in [0, 0.1) is 6.92 Å². The van der Waals surface area contributed by atoms with E-state index in [4.69, 9.17) is 0 Å². The van der Waals surface area contributed by atoms with Crippen molar-refractivity contribution in [1.82, 2.24) is 15.2 Å². The SMILES string of the molecule is Cc1ccnc(NC(=O)C(C)N2CCNCC2)c1. The van der Waals surface area contributed by atoms with E-state index in [1.54, 1.807) is 6.20 Å². The lowest BCUT2D eigenvalue weighted by Gasteiger charge is -2.31. The highest BCUT2D eigenvalue weighted by atomic mass is 16.2. The Balaban J connectivity index is 1.94. The van der Waals surface area contributed by atoms with Gasteiger partial charge in [0.2, 0.25) is 5.91 Å². The molecule has 1 aromatic rings. The first-order valence-electron chi connectivity index (χ1n) is 6.35. The molecule has 1 amide bonds. The standard InChI is InChI=1S/C13H20N4O/c1-10-3-4-15-12(9-10)16-13(18)11(2)17-7-5-14-6-8-17/h3-4,9,11,14H,5-8H2,1-2H3,(H,15,16,18). The van der Waals surface area contributed by atoms with Gasteiger partial charge >= 0.3 is 0 Å². The van der Waals surface area contributed by atoms with Gasteiger partial charge < -0.3 is 10.6 Å². The van der Waals surface area contributed by atoms with Gasteiger partial charge in [-0.25, -0.2) is 4.98 Å². The number of aryl methyl sites for hydroxylation is 1. The highest BCUT2D eigenvalue weighted by Gasteiger charge is 2.22. The topological polar surface area (TPSA) is 57.3 Å². The number of hydrogen-bond donors (Lipinski definition) is 2. The van der Waals surface area contributed by atoms with Gasteiger partial charge in [0.05, 0.1) is 6.04 Å². The van der Waals surface area contributed by atoms with E-state index in [0.29, 0.717) is 5.82 Å². The summed E-state index contributed by atoms with van der Waals surface area (Å²) in [6.07, 6.45) is 1.71. The van der Waals surface area contributed by atoms with Crippen LogP contribution in [0.25, 0.3) is 0 Å². The molecule has 0 aliphatic carbocycles. The Hall–Kier alpha value is -1.46. The van der Waals surface area contributed by atoms with Crippen LogP contribution in [-0.2, 0) is 4.79 Å². The number of rotatable bonds is 3. The molecule has 98 valence electrons. The van der Waals surface area contributed by atoms with Crippen molar-refractivity contribution < 1.29 is 4.79 Å². The van der Waals surface area contributed by atoms with Crippen molar-refractivity contribution >= 4 is 11.7 Å². The molecule has 2 N–H and O–H groups in total. The molecule has 0 spiro atoms. The number of piperazine rings is 1. The van der Waals surface area contributed by atoms with Crippen LogP contribution in [0.2, 0.25) is 0 Å². The number of nitrogens with one attached hydrogen (secondary N) is 2. The molecule has 1 saturated heterocycles. The second-order valence-electron chi connectivity index (χ2n) is 4.67. The Labute approximate surface area is 108 Å². The lowest BCUT2D eigenvalue weighted by atomic mass is 10.2. The number of carbonyl (C=O) groups excluding carboxylic acids is 1. The summed E-state index contributed by atoms with van der Waals surface area (Å²) in [5, 5.41) is 6.15. The van der Waals surface area contributed by atoms with Crippen molar-refractivity contribution in [2.75, 3.05) is 31.5 Å². The molecule has 0 saturated carbocycles. The summed E-state index contributed by atoms with van der Waals surface area (Å²) in [6.45, 7) is 7.64. The maximum absolute atomic E-state index is 12.1. The van der Waals surface area contributed by atoms with Gasteiger partial charge in [-0.1, -0.05) is 0 Å². The molecule has 18 heavy (non-hydrogen) atoms. The zero-order chi connectivity index (χ0) is 13.0. The lowest BCUT2D eigenvalue weighted by molar-refractivity contribution is -0.121. The first-order valence-corrected chi connectivity index (χ1v) is 6.35. The molecule has 1 fully saturated rings. The number of anilines is 1. The molecule has 2 rings (SSSR count). The van der Waals surface area contributed by atoms with Crippen LogP contribution in [0.4, 0.5) is 5.82 Å². The Kier molecular flexibility index (Phi) is 4.28. The van der Waals surface area contributed by atoms with Crippen LogP contribution in [0.5, 0.6) is 0 Å². The third-order valence-electron chi connectivity index (χ3n) is 3.25. The fourth-order valence-corrected chi connectivity index (χ4v) is 2.07. The molecular formula is C13H20N4O. The largest absolute Gasteiger partial charge is 0.314 e. The van der Waals surface area contributed by atoms with E-state index in [1.165, 1.54) is 0 Å². The second-order valence-corrected chi connectivity index (χ2v) is 4.67. The van der Waals surface area contributed by atoms with Crippen molar-refractivity contribution in [3.63, 3.8) is 0 Å². The van der Waals surface area contributed by atoms with Crippen molar-refractivity contribution in [3.05, 3.63) is 23.9 Å². The monoisotopic (exact) mass is 248 g/mol. The van der Waals surface area contributed by atoms with Gasteiger partial charge in [0, 0.05) is 32.4 Å². The average molecular weight is 248 g/mol. The molecule has 1 aromatic heterocycles. The van der Waals surface area contributed by atoms with Crippen LogP contribution in [0.15, 0.2) is 18.3 Å². The first kappa shape index (κ1) is 13.0. The molecule has 1 aliphatic rings. The minimum atomic E-state index is -0.116. The number of aromatic nitrogens is 1. The smallest absolute Gasteiger partial charge is 0.242 e.